The molecule has 0 fully saturated rings. The van der Waals surface area contributed by atoms with E-state index in [1.54, 1.807) is 43.4 Å². The van der Waals surface area contributed by atoms with Crippen molar-refractivity contribution >= 4 is 20.9 Å². The Kier molecular flexibility index (Phi) is 5.29. The number of rotatable bonds is 6. The molecule has 27 heavy (non-hydrogen) atoms. The van der Waals surface area contributed by atoms with Gasteiger partial charge in [0.1, 0.15) is 11.6 Å². The van der Waals surface area contributed by atoms with E-state index in [2.05, 4.69) is 9.71 Å². The largest absolute Gasteiger partial charge is 0.491 e. The van der Waals surface area contributed by atoms with Crippen LogP contribution in [0.1, 0.15) is 19.7 Å². The van der Waals surface area contributed by atoms with Gasteiger partial charge in [0.15, 0.2) is 0 Å². The molecule has 0 saturated heterocycles. The van der Waals surface area contributed by atoms with Crippen molar-refractivity contribution in [3.05, 3.63) is 64.7 Å². The Morgan fingerprint density at radius 2 is 1.78 bits per heavy atom. The Bertz CT molecular complexity index is 1120. The highest BCUT2D eigenvalue weighted by Crippen LogP contribution is 2.17. The van der Waals surface area contributed by atoms with Crippen LogP contribution in [0.4, 0.5) is 0 Å². The second kappa shape index (κ2) is 7.50. The second-order valence-corrected chi connectivity index (χ2v) is 8.14. The van der Waals surface area contributed by atoms with Gasteiger partial charge in [-0.3, -0.25) is 9.36 Å². The summed E-state index contributed by atoms with van der Waals surface area (Å²) in [5.41, 5.74) is 0.315. The van der Waals surface area contributed by atoms with Gasteiger partial charge in [-0.2, -0.15) is 0 Å². The second-order valence-electron chi connectivity index (χ2n) is 6.37. The lowest BCUT2D eigenvalue weighted by Crippen LogP contribution is -2.29. The highest BCUT2D eigenvalue weighted by atomic mass is 32.2. The summed E-state index contributed by atoms with van der Waals surface area (Å²) < 4.78 is 34.4. The monoisotopic (exact) mass is 387 g/mol. The number of nitrogens with zero attached hydrogens (tertiary/aromatic N) is 2. The molecule has 0 aliphatic rings. The van der Waals surface area contributed by atoms with Gasteiger partial charge in [0, 0.05) is 7.05 Å². The average Bonchev–Trinajstić information content (AvgIpc) is 2.63. The third kappa shape index (κ3) is 4.17. The van der Waals surface area contributed by atoms with E-state index < -0.39 is 10.0 Å². The van der Waals surface area contributed by atoms with E-state index in [0.717, 1.165) is 0 Å². The molecule has 0 radical (unpaired) electrons. The topological polar surface area (TPSA) is 90.3 Å². The first-order valence-electron chi connectivity index (χ1n) is 8.49. The summed E-state index contributed by atoms with van der Waals surface area (Å²) in [6.45, 7) is 3.70. The van der Waals surface area contributed by atoms with Crippen LogP contribution >= 0.6 is 0 Å². The minimum absolute atomic E-state index is 0.00541. The maximum absolute atomic E-state index is 12.5. The Morgan fingerprint density at radius 1 is 1.11 bits per heavy atom. The molecule has 0 saturated carbocycles. The molecule has 0 amide bonds. The molecule has 1 heterocycles. The lowest BCUT2D eigenvalue weighted by Gasteiger charge is -2.12. The van der Waals surface area contributed by atoms with E-state index in [1.165, 1.54) is 16.7 Å². The number of fused-ring (bicyclic) bond motifs is 1. The zero-order valence-electron chi connectivity index (χ0n) is 15.3. The van der Waals surface area contributed by atoms with Gasteiger partial charge >= 0.3 is 0 Å². The van der Waals surface area contributed by atoms with Crippen LogP contribution in [0.3, 0.4) is 0 Å². The van der Waals surface area contributed by atoms with Gasteiger partial charge in [-0.05, 0) is 50.2 Å². The average molecular weight is 387 g/mol. The first-order chi connectivity index (χ1) is 12.8. The predicted octanol–water partition coefficient (Wildman–Crippen LogP) is 2.20. The van der Waals surface area contributed by atoms with Crippen molar-refractivity contribution in [1.82, 2.24) is 14.3 Å². The first kappa shape index (κ1) is 19.1. The molecule has 2 aromatic carbocycles. The van der Waals surface area contributed by atoms with Gasteiger partial charge in [-0.1, -0.05) is 12.1 Å². The van der Waals surface area contributed by atoms with Crippen molar-refractivity contribution in [2.75, 3.05) is 0 Å². The number of sulfonamides is 1. The van der Waals surface area contributed by atoms with Crippen LogP contribution in [0, 0.1) is 0 Å². The van der Waals surface area contributed by atoms with Crippen LogP contribution in [0.2, 0.25) is 0 Å². The van der Waals surface area contributed by atoms with Crippen LogP contribution in [0.5, 0.6) is 5.75 Å². The molecule has 0 bridgehead atoms. The van der Waals surface area contributed by atoms with Crippen molar-refractivity contribution in [3.63, 3.8) is 0 Å². The third-order valence-corrected chi connectivity index (χ3v) is 5.42. The molecule has 0 unspecified atom stereocenters. The highest BCUT2D eigenvalue weighted by Gasteiger charge is 2.16. The number of benzene rings is 2. The highest BCUT2D eigenvalue weighted by molar-refractivity contribution is 7.89. The minimum atomic E-state index is -3.75. The van der Waals surface area contributed by atoms with Crippen LogP contribution in [-0.2, 0) is 23.6 Å². The zero-order valence-corrected chi connectivity index (χ0v) is 16.2. The molecule has 3 aromatic rings. The quantitative estimate of drug-likeness (QED) is 0.700. The maximum Gasteiger partial charge on any atom is 0.261 e. The first-order valence-corrected chi connectivity index (χ1v) is 9.97. The normalized spacial score (nSPS) is 11.9. The van der Waals surface area contributed by atoms with E-state index in [4.69, 9.17) is 4.74 Å². The number of para-hydroxylation sites is 1. The summed E-state index contributed by atoms with van der Waals surface area (Å²) in [6.07, 6.45) is 0.00541. The fourth-order valence-corrected chi connectivity index (χ4v) is 3.61. The summed E-state index contributed by atoms with van der Waals surface area (Å²) in [5.74, 6) is 0.935. The third-order valence-electron chi connectivity index (χ3n) is 4.00. The van der Waals surface area contributed by atoms with E-state index in [9.17, 15) is 13.2 Å². The molecule has 8 heteroatoms. The fraction of sp³-hybridized carbons (Fsp3) is 0.263. The van der Waals surface area contributed by atoms with E-state index in [0.29, 0.717) is 22.5 Å². The molecule has 0 aliphatic heterocycles. The van der Waals surface area contributed by atoms with E-state index in [1.807, 2.05) is 13.8 Å². The Balaban J connectivity index is 1.82. The number of ether oxygens (including phenoxy) is 1. The Labute approximate surface area is 157 Å². The molecule has 142 valence electrons. The summed E-state index contributed by atoms with van der Waals surface area (Å²) in [7, 11) is -2.17. The van der Waals surface area contributed by atoms with Gasteiger partial charge in [0.2, 0.25) is 10.0 Å². The molecule has 1 N–H and O–H groups in total. The lowest BCUT2D eigenvalue weighted by atomic mass is 10.2. The molecule has 7 nitrogen and oxygen atoms in total. The minimum Gasteiger partial charge on any atom is -0.491 e. The number of nitrogens with one attached hydrogen (secondary N) is 1. The van der Waals surface area contributed by atoms with E-state index in [-0.39, 0.29) is 23.1 Å². The van der Waals surface area contributed by atoms with Crippen molar-refractivity contribution in [2.24, 2.45) is 7.05 Å². The SMILES string of the molecule is CC(C)Oc1ccc(S(=O)(=O)NCc2nc3ccccc3c(=O)n2C)cc1. The molecule has 3 rings (SSSR count). The van der Waals surface area contributed by atoms with Crippen LogP contribution in [-0.4, -0.2) is 24.1 Å². The van der Waals surface area contributed by atoms with Gasteiger partial charge in [-0.15, -0.1) is 0 Å². The molecule has 1 aromatic heterocycles. The predicted molar refractivity (Wildman–Crippen MR) is 103 cm³/mol. The van der Waals surface area contributed by atoms with Gasteiger partial charge < -0.3 is 4.74 Å². The lowest BCUT2D eigenvalue weighted by molar-refractivity contribution is 0.242. The smallest absolute Gasteiger partial charge is 0.261 e. The number of hydrogen-bond donors (Lipinski definition) is 1. The van der Waals surface area contributed by atoms with E-state index >= 15 is 0 Å². The van der Waals surface area contributed by atoms with Crippen molar-refractivity contribution in [2.45, 2.75) is 31.4 Å². The van der Waals surface area contributed by atoms with Gasteiger partial charge in [0.25, 0.3) is 5.56 Å². The maximum atomic E-state index is 12.5. The van der Waals surface area contributed by atoms with Crippen LogP contribution < -0.4 is 15.0 Å². The van der Waals surface area contributed by atoms with Crippen LogP contribution in [0.15, 0.2) is 58.2 Å². The van der Waals surface area contributed by atoms with Gasteiger partial charge in [0.05, 0.1) is 28.4 Å². The summed E-state index contributed by atoms with van der Waals surface area (Å²) in [4.78, 5) is 16.9. The molecule has 0 atom stereocenters. The van der Waals surface area contributed by atoms with Gasteiger partial charge in [-0.25, -0.2) is 18.1 Å². The summed E-state index contributed by atoms with van der Waals surface area (Å²) in [5, 5.41) is 0.493. The Hall–Kier alpha value is -2.71. The van der Waals surface area contributed by atoms with Crippen molar-refractivity contribution < 1.29 is 13.2 Å². The standard InChI is InChI=1S/C19H21N3O4S/c1-13(2)26-14-8-10-15(11-9-14)27(24,25)20-12-18-21-17-7-5-4-6-16(17)19(23)22(18)3/h4-11,13,20H,12H2,1-3H3. The molecular formula is C19H21N3O4S. The Morgan fingerprint density at radius 3 is 2.44 bits per heavy atom. The summed E-state index contributed by atoms with van der Waals surface area (Å²) in [6, 6.07) is 13.1. The fourth-order valence-electron chi connectivity index (χ4n) is 2.63. The summed E-state index contributed by atoms with van der Waals surface area (Å²) >= 11 is 0. The number of hydrogen-bond acceptors (Lipinski definition) is 5. The van der Waals surface area contributed by atoms with Crippen molar-refractivity contribution in [1.29, 1.82) is 0 Å². The molecule has 0 spiro atoms. The van der Waals surface area contributed by atoms with Crippen molar-refractivity contribution in [3.8, 4) is 5.75 Å². The van der Waals surface area contributed by atoms with Crippen LogP contribution in [0.25, 0.3) is 10.9 Å². The molecule has 0 aliphatic carbocycles. The zero-order chi connectivity index (χ0) is 19.6. The number of aromatic nitrogens is 2. The molecular weight excluding hydrogens is 366 g/mol.